The molecule has 3 N–H and O–H groups in total. The number of benzene rings is 2. The maximum absolute atomic E-state index is 16.4. The molecule has 2 aromatic carbocycles. The van der Waals surface area contributed by atoms with E-state index in [0.29, 0.717) is 52.5 Å². The number of methoxy groups -OCH3 is 1. The number of amides is 1. The zero-order chi connectivity index (χ0) is 32.7. The van der Waals surface area contributed by atoms with Gasteiger partial charge in [0.1, 0.15) is 23.7 Å². The third-order valence-corrected chi connectivity index (χ3v) is 8.62. The van der Waals surface area contributed by atoms with Crippen molar-refractivity contribution < 1.29 is 23.8 Å². The van der Waals surface area contributed by atoms with Gasteiger partial charge in [-0.2, -0.15) is 0 Å². The van der Waals surface area contributed by atoms with Gasteiger partial charge in [0.25, 0.3) is 11.5 Å². The highest BCUT2D eigenvalue weighted by atomic mass is 19.1. The maximum Gasteiger partial charge on any atom is 0.330 e. The predicted molar refractivity (Wildman–Crippen MR) is 171 cm³/mol. The summed E-state index contributed by atoms with van der Waals surface area (Å²) < 4.78 is 29.4. The Morgan fingerprint density at radius 1 is 1.11 bits per heavy atom. The van der Waals surface area contributed by atoms with E-state index in [1.54, 1.807) is 43.3 Å². The standard InChI is InChI=1S/C34H34FN5O6/c1-18-20(7-6-10-24(18)37-31(42)23-16-39(2)34(44)40(3)33(23)43)21-8-5-9-22(30(21)35)27-15-19-11-12-26(29(19)32(38-27)45-4)36-25-13-14-46-17-28(25)41/h5-10,15-16,26,36,41H,11-14,17H2,1-4H3,(H,37,42)/t26-/m0/s1. The number of anilines is 1. The van der Waals surface area contributed by atoms with Crippen LogP contribution >= 0.6 is 0 Å². The smallest absolute Gasteiger partial charge is 0.330 e. The first-order valence-corrected chi connectivity index (χ1v) is 14.9. The van der Waals surface area contributed by atoms with Crippen molar-refractivity contribution in [1.29, 1.82) is 0 Å². The van der Waals surface area contributed by atoms with Gasteiger partial charge < -0.3 is 29.8 Å². The van der Waals surface area contributed by atoms with Crippen molar-refractivity contribution >= 4 is 11.6 Å². The van der Waals surface area contributed by atoms with E-state index in [9.17, 15) is 19.5 Å². The second-order valence-corrected chi connectivity index (χ2v) is 11.5. The number of aryl methyl sites for hydroxylation is 2. The molecule has 46 heavy (non-hydrogen) atoms. The number of aliphatic hydroxyl groups is 1. The summed E-state index contributed by atoms with van der Waals surface area (Å²) in [5.41, 5.74) is 3.73. The molecule has 1 aliphatic heterocycles. The summed E-state index contributed by atoms with van der Waals surface area (Å²) in [6.07, 6.45) is 3.27. The molecule has 0 fully saturated rings. The molecular formula is C34H34FN5O6. The van der Waals surface area contributed by atoms with E-state index in [2.05, 4.69) is 10.6 Å². The number of ether oxygens (including phenoxy) is 2. The molecule has 0 spiro atoms. The summed E-state index contributed by atoms with van der Waals surface area (Å²) in [5.74, 6) is -0.584. The Morgan fingerprint density at radius 3 is 2.61 bits per heavy atom. The van der Waals surface area contributed by atoms with Crippen molar-refractivity contribution in [2.75, 3.05) is 25.6 Å². The first kappa shape index (κ1) is 30.8. The number of aliphatic hydroxyl groups excluding tert-OH is 1. The quantitative estimate of drug-likeness (QED) is 0.276. The van der Waals surface area contributed by atoms with Crippen LogP contribution in [0.15, 0.2) is 69.7 Å². The molecular weight excluding hydrogens is 593 g/mol. The summed E-state index contributed by atoms with van der Waals surface area (Å²) in [7, 11) is 4.30. The second-order valence-electron chi connectivity index (χ2n) is 11.5. The number of hydrogen-bond donors (Lipinski definition) is 3. The van der Waals surface area contributed by atoms with Crippen LogP contribution in [-0.2, 0) is 25.3 Å². The third kappa shape index (κ3) is 5.45. The third-order valence-electron chi connectivity index (χ3n) is 8.62. The van der Waals surface area contributed by atoms with E-state index >= 15 is 4.39 Å². The van der Waals surface area contributed by atoms with E-state index < -0.39 is 23.0 Å². The summed E-state index contributed by atoms with van der Waals surface area (Å²) in [4.78, 5) is 42.5. The van der Waals surface area contributed by atoms with Crippen LogP contribution in [0.4, 0.5) is 10.1 Å². The van der Waals surface area contributed by atoms with Crippen LogP contribution in [0.25, 0.3) is 22.4 Å². The number of hydrogen-bond acceptors (Lipinski definition) is 8. The highest BCUT2D eigenvalue weighted by molar-refractivity contribution is 6.04. The SMILES string of the molecule is COc1nc(-c2cccc(-c3cccc(NC(=O)c4cn(C)c(=O)n(C)c4=O)c3C)c2F)cc2c1[C@@H](NC1=C(O)COCC1)CC2. The van der Waals surface area contributed by atoms with Gasteiger partial charge in [-0.1, -0.05) is 24.3 Å². The monoisotopic (exact) mass is 627 g/mol. The molecule has 1 amide bonds. The molecule has 0 radical (unpaired) electrons. The fourth-order valence-corrected chi connectivity index (χ4v) is 6.14. The molecule has 0 saturated heterocycles. The van der Waals surface area contributed by atoms with Crippen molar-refractivity contribution in [3.05, 3.63) is 109 Å². The lowest BCUT2D eigenvalue weighted by molar-refractivity contribution is 0.102. The van der Waals surface area contributed by atoms with Crippen LogP contribution in [0.5, 0.6) is 5.88 Å². The van der Waals surface area contributed by atoms with Crippen LogP contribution < -0.4 is 26.6 Å². The molecule has 0 bridgehead atoms. The van der Waals surface area contributed by atoms with Crippen LogP contribution in [0.3, 0.4) is 0 Å². The highest BCUT2D eigenvalue weighted by Crippen LogP contribution is 2.41. The van der Waals surface area contributed by atoms with Crippen LogP contribution in [0, 0.1) is 12.7 Å². The lowest BCUT2D eigenvalue weighted by Crippen LogP contribution is -2.40. The number of carbonyl (C=O) groups is 1. The molecule has 11 nitrogen and oxygen atoms in total. The largest absolute Gasteiger partial charge is 0.508 e. The van der Waals surface area contributed by atoms with Gasteiger partial charge in [0.2, 0.25) is 5.88 Å². The molecule has 0 unspecified atom stereocenters. The number of fused-ring (bicyclic) bond motifs is 1. The Balaban J connectivity index is 1.33. The van der Waals surface area contributed by atoms with E-state index in [4.69, 9.17) is 14.5 Å². The normalized spacial score (nSPS) is 15.9. The number of nitrogens with one attached hydrogen (secondary N) is 2. The number of halogens is 1. The molecule has 3 heterocycles. The van der Waals surface area contributed by atoms with Crippen molar-refractivity contribution in [3.8, 4) is 28.3 Å². The Morgan fingerprint density at radius 2 is 1.85 bits per heavy atom. The van der Waals surface area contributed by atoms with E-state index in [1.807, 2.05) is 6.07 Å². The summed E-state index contributed by atoms with van der Waals surface area (Å²) in [6.45, 7) is 2.46. The molecule has 0 saturated carbocycles. The molecule has 6 rings (SSSR count). The van der Waals surface area contributed by atoms with Crippen molar-refractivity contribution in [1.82, 2.24) is 19.4 Å². The minimum atomic E-state index is -0.716. The zero-order valence-corrected chi connectivity index (χ0v) is 25.9. The first-order valence-electron chi connectivity index (χ1n) is 14.9. The minimum Gasteiger partial charge on any atom is -0.508 e. The molecule has 4 aromatic rings. The van der Waals surface area contributed by atoms with Gasteiger partial charge in [0.15, 0.2) is 0 Å². The second kappa shape index (κ2) is 12.3. The summed E-state index contributed by atoms with van der Waals surface area (Å²) in [6, 6.07) is 12.0. The van der Waals surface area contributed by atoms with Crippen LogP contribution in [0.1, 0.15) is 45.9 Å². The maximum atomic E-state index is 16.4. The number of carbonyl (C=O) groups excluding carboxylic acids is 1. The van der Waals surface area contributed by atoms with Crippen molar-refractivity contribution in [2.45, 2.75) is 32.2 Å². The first-order chi connectivity index (χ1) is 22.1. The number of nitrogens with zero attached hydrogens (tertiary/aromatic N) is 3. The minimum absolute atomic E-state index is 0.112. The van der Waals surface area contributed by atoms with Gasteiger partial charge in [-0.25, -0.2) is 14.2 Å². The van der Waals surface area contributed by atoms with E-state index in [-0.39, 0.29) is 24.0 Å². The number of rotatable bonds is 7. The zero-order valence-electron chi connectivity index (χ0n) is 25.9. The average molecular weight is 628 g/mol. The van der Waals surface area contributed by atoms with Crippen molar-refractivity contribution in [2.24, 2.45) is 14.1 Å². The molecule has 1 aliphatic carbocycles. The summed E-state index contributed by atoms with van der Waals surface area (Å²) >= 11 is 0. The van der Waals surface area contributed by atoms with Gasteiger partial charge in [0.05, 0.1) is 31.1 Å². The lowest BCUT2D eigenvalue weighted by atomic mass is 9.95. The van der Waals surface area contributed by atoms with E-state index in [1.165, 1.54) is 27.4 Å². The number of pyridine rings is 1. The molecule has 2 aromatic heterocycles. The lowest BCUT2D eigenvalue weighted by Gasteiger charge is -2.23. The van der Waals surface area contributed by atoms with E-state index in [0.717, 1.165) is 38.8 Å². The van der Waals surface area contributed by atoms with Gasteiger partial charge in [-0.3, -0.25) is 14.2 Å². The Labute approximate surface area is 263 Å². The Bertz CT molecular complexity index is 2030. The summed E-state index contributed by atoms with van der Waals surface area (Å²) in [5, 5.41) is 16.5. The topological polar surface area (TPSA) is 137 Å². The van der Waals surface area contributed by atoms with Gasteiger partial charge in [-0.05, 0) is 54.7 Å². The van der Waals surface area contributed by atoms with Gasteiger partial charge >= 0.3 is 5.69 Å². The molecule has 238 valence electrons. The Kier molecular flexibility index (Phi) is 8.22. The molecule has 1 atom stereocenters. The average Bonchev–Trinajstić information content (AvgIpc) is 3.46. The fraction of sp³-hybridized carbons (Fsp3) is 0.294. The van der Waals surface area contributed by atoms with Gasteiger partial charge in [-0.15, -0.1) is 0 Å². The fourth-order valence-electron chi connectivity index (χ4n) is 6.14. The highest BCUT2D eigenvalue weighted by Gasteiger charge is 2.30. The molecule has 2 aliphatic rings. The predicted octanol–water partition coefficient (Wildman–Crippen LogP) is 4.29. The number of aromatic nitrogens is 3. The molecule has 12 heteroatoms. The Hall–Kier alpha value is -5.23. The van der Waals surface area contributed by atoms with Crippen LogP contribution in [-0.4, -0.2) is 45.5 Å². The van der Waals surface area contributed by atoms with Gasteiger partial charge in [0, 0.05) is 49.1 Å². The van der Waals surface area contributed by atoms with Crippen molar-refractivity contribution in [3.63, 3.8) is 0 Å². The van der Waals surface area contributed by atoms with Crippen LogP contribution in [0.2, 0.25) is 0 Å².